The van der Waals surface area contributed by atoms with Gasteiger partial charge in [-0.05, 0) is 31.0 Å². The Morgan fingerprint density at radius 3 is 2.82 bits per heavy atom. The first-order valence-corrected chi connectivity index (χ1v) is 10.2. The Hall–Kier alpha value is -2.35. The minimum absolute atomic E-state index is 0.0180. The van der Waals surface area contributed by atoms with Gasteiger partial charge in [-0.25, -0.2) is 13.8 Å². The van der Waals surface area contributed by atoms with Crippen molar-refractivity contribution in [2.45, 2.75) is 39.2 Å². The number of amides is 2. The first-order valence-electron chi connectivity index (χ1n) is 9.31. The molecule has 1 aromatic carbocycles. The number of rotatable bonds is 5. The molecule has 1 saturated heterocycles. The number of hydrogen-bond donors (Lipinski definition) is 1. The van der Waals surface area contributed by atoms with Gasteiger partial charge in [0.25, 0.3) is 5.91 Å². The molecule has 150 valence electrons. The number of hydrogen-bond acceptors (Lipinski definition) is 4. The van der Waals surface area contributed by atoms with Gasteiger partial charge >= 0.3 is 0 Å². The Balaban J connectivity index is 1.64. The molecule has 1 aliphatic heterocycles. The third-order valence-corrected chi connectivity index (χ3v) is 5.82. The molecule has 3 rings (SSSR count). The second-order valence-electron chi connectivity index (χ2n) is 7.27. The monoisotopic (exact) mass is 407 g/mol. The molecular weight excluding hydrogens is 384 g/mol. The van der Waals surface area contributed by atoms with Crippen LogP contribution in [-0.2, 0) is 11.3 Å². The third-order valence-electron chi connectivity index (χ3n) is 4.76. The highest BCUT2D eigenvalue weighted by molar-refractivity contribution is 7.09. The van der Waals surface area contributed by atoms with Gasteiger partial charge in [-0.15, -0.1) is 11.3 Å². The van der Waals surface area contributed by atoms with Crippen molar-refractivity contribution in [3.8, 4) is 0 Å². The lowest BCUT2D eigenvalue weighted by Crippen LogP contribution is -2.39. The molecule has 1 aromatic heterocycles. The van der Waals surface area contributed by atoms with E-state index >= 15 is 0 Å². The number of nitrogens with zero attached hydrogens (tertiary/aromatic N) is 2. The third kappa shape index (κ3) is 4.73. The van der Waals surface area contributed by atoms with Crippen molar-refractivity contribution in [1.29, 1.82) is 0 Å². The standard InChI is InChI=1S/C20H23F2N3O2S/c1-12(2)18(26)23-9-15-11-28-19(24-15)14-4-3-7-25(10-14)20(27)13-5-6-16(21)17(22)8-13/h5-6,8,11-12,14H,3-4,7,9-10H2,1-2H3,(H,23,26). The summed E-state index contributed by atoms with van der Waals surface area (Å²) < 4.78 is 26.6. The molecule has 8 heteroatoms. The maximum atomic E-state index is 13.4. The Bertz CT molecular complexity index is 869. The van der Waals surface area contributed by atoms with Crippen LogP contribution in [0.4, 0.5) is 8.78 Å². The first-order chi connectivity index (χ1) is 13.3. The zero-order valence-corrected chi connectivity index (χ0v) is 16.7. The van der Waals surface area contributed by atoms with E-state index in [2.05, 4.69) is 10.3 Å². The van der Waals surface area contributed by atoms with Crippen LogP contribution >= 0.6 is 11.3 Å². The topological polar surface area (TPSA) is 62.3 Å². The molecule has 1 unspecified atom stereocenters. The molecule has 1 atom stereocenters. The van der Waals surface area contributed by atoms with Crippen LogP contribution in [0.15, 0.2) is 23.6 Å². The van der Waals surface area contributed by atoms with Crippen molar-refractivity contribution in [2.24, 2.45) is 5.92 Å². The van der Waals surface area contributed by atoms with Gasteiger partial charge in [0.05, 0.1) is 17.2 Å². The Morgan fingerprint density at radius 1 is 1.32 bits per heavy atom. The molecule has 0 spiro atoms. The summed E-state index contributed by atoms with van der Waals surface area (Å²) in [5.74, 6) is -2.28. The van der Waals surface area contributed by atoms with Gasteiger partial charge in [-0.2, -0.15) is 0 Å². The van der Waals surface area contributed by atoms with Crippen molar-refractivity contribution in [3.63, 3.8) is 0 Å². The van der Waals surface area contributed by atoms with Crippen LogP contribution in [0.5, 0.6) is 0 Å². The van der Waals surface area contributed by atoms with Crippen LogP contribution in [-0.4, -0.2) is 34.8 Å². The van der Waals surface area contributed by atoms with Crippen LogP contribution in [0, 0.1) is 17.6 Å². The number of benzene rings is 1. The van der Waals surface area contributed by atoms with Crippen molar-refractivity contribution < 1.29 is 18.4 Å². The Labute approximate surface area is 166 Å². The van der Waals surface area contributed by atoms with Crippen LogP contribution in [0.3, 0.4) is 0 Å². The van der Waals surface area contributed by atoms with E-state index in [1.807, 2.05) is 19.2 Å². The molecule has 2 amide bonds. The zero-order valence-electron chi connectivity index (χ0n) is 15.9. The molecule has 1 fully saturated rings. The molecule has 2 aromatic rings. The second-order valence-corrected chi connectivity index (χ2v) is 8.16. The lowest BCUT2D eigenvalue weighted by molar-refractivity contribution is -0.124. The van der Waals surface area contributed by atoms with Crippen molar-refractivity contribution >= 4 is 23.2 Å². The highest BCUT2D eigenvalue weighted by atomic mass is 32.1. The number of thiazole rings is 1. The molecule has 28 heavy (non-hydrogen) atoms. The summed E-state index contributed by atoms with van der Waals surface area (Å²) in [5.41, 5.74) is 0.953. The number of carbonyl (C=O) groups excluding carboxylic acids is 2. The fraction of sp³-hybridized carbons (Fsp3) is 0.450. The summed E-state index contributed by atoms with van der Waals surface area (Å²) in [4.78, 5) is 30.6. The van der Waals surface area contributed by atoms with Gasteiger partial charge in [0.2, 0.25) is 5.91 Å². The zero-order chi connectivity index (χ0) is 20.3. The van der Waals surface area contributed by atoms with E-state index in [0.29, 0.717) is 19.6 Å². The maximum Gasteiger partial charge on any atom is 0.253 e. The maximum absolute atomic E-state index is 13.4. The van der Waals surface area contributed by atoms with E-state index in [1.165, 1.54) is 17.4 Å². The van der Waals surface area contributed by atoms with Crippen molar-refractivity contribution in [2.75, 3.05) is 13.1 Å². The minimum Gasteiger partial charge on any atom is -0.350 e. The predicted octanol–water partition coefficient (Wildman–Crippen LogP) is 3.71. The summed E-state index contributed by atoms with van der Waals surface area (Å²) in [6.45, 7) is 5.13. The summed E-state index contributed by atoms with van der Waals surface area (Å²) in [6.07, 6.45) is 1.73. The van der Waals surface area contributed by atoms with Crippen LogP contribution in [0.1, 0.15) is 53.7 Å². The van der Waals surface area contributed by atoms with Gasteiger partial charge in [0, 0.05) is 35.9 Å². The van der Waals surface area contributed by atoms with Gasteiger partial charge in [-0.1, -0.05) is 13.8 Å². The van der Waals surface area contributed by atoms with Crippen LogP contribution < -0.4 is 5.32 Å². The van der Waals surface area contributed by atoms with E-state index in [0.717, 1.165) is 35.7 Å². The average Bonchev–Trinajstić information content (AvgIpc) is 3.16. The summed E-state index contributed by atoms with van der Waals surface area (Å²) in [7, 11) is 0. The number of aromatic nitrogens is 1. The average molecular weight is 407 g/mol. The van der Waals surface area contributed by atoms with Gasteiger partial charge < -0.3 is 10.2 Å². The largest absolute Gasteiger partial charge is 0.350 e. The number of piperidine rings is 1. The van der Waals surface area contributed by atoms with Crippen LogP contribution in [0.2, 0.25) is 0 Å². The number of nitrogens with one attached hydrogen (secondary N) is 1. The molecule has 2 heterocycles. The molecule has 1 N–H and O–H groups in total. The molecule has 5 nitrogen and oxygen atoms in total. The Kier molecular flexibility index (Phi) is 6.39. The fourth-order valence-corrected chi connectivity index (χ4v) is 4.10. The molecule has 0 aliphatic carbocycles. The number of halogens is 2. The Morgan fingerprint density at radius 2 is 2.11 bits per heavy atom. The second kappa shape index (κ2) is 8.77. The van der Waals surface area contributed by atoms with E-state index < -0.39 is 11.6 Å². The quantitative estimate of drug-likeness (QED) is 0.822. The predicted molar refractivity (Wildman–Crippen MR) is 103 cm³/mol. The normalized spacial score (nSPS) is 17.0. The van der Waals surface area contributed by atoms with E-state index in [9.17, 15) is 18.4 Å². The van der Waals surface area contributed by atoms with Gasteiger partial charge in [0.15, 0.2) is 11.6 Å². The van der Waals surface area contributed by atoms with Gasteiger partial charge in [0.1, 0.15) is 0 Å². The van der Waals surface area contributed by atoms with E-state index in [4.69, 9.17) is 0 Å². The summed E-state index contributed by atoms with van der Waals surface area (Å²) in [6, 6.07) is 3.23. The van der Waals surface area contributed by atoms with Crippen molar-refractivity contribution in [3.05, 3.63) is 51.5 Å². The van der Waals surface area contributed by atoms with E-state index in [-0.39, 0.29) is 29.2 Å². The molecule has 0 bridgehead atoms. The number of carbonyl (C=O) groups is 2. The molecule has 1 aliphatic rings. The summed E-state index contributed by atoms with van der Waals surface area (Å²) >= 11 is 1.52. The molecular formula is C20H23F2N3O2S. The highest BCUT2D eigenvalue weighted by Gasteiger charge is 2.27. The van der Waals surface area contributed by atoms with Gasteiger partial charge in [-0.3, -0.25) is 9.59 Å². The lowest BCUT2D eigenvalue weighted by Gasteiger charge is -2.32. The first kappa shape index (κ1) is 20.4. The summed E-state index contributed by atoms with van der Waals surface area (Å²) in [5, 5.41) is 5.70. The fourth-order valence-electron chi connectivity index (χ4n) is 3.15. The van der Waals surface area contributed by atoms with Crippen LogP contribution in [0.25, 0.3) is 0 Å². The molecule has 0 saturated carbocycles. The van der Waals surface area contributed by atoms with Crippen molar-refractivity contribution in [1.82, 2.24) is 15.2 Å². The van der Waals surface area contributed by atoms with E-state index in [1.54, 1.807) is 4.90 Å². The highest BCUT2D eigenvalue weighted by Crippen LogP contribution is 2.30. The lowest BCUT2D eigenvalue weighted by atomic mass is 9.98. The SMILES string of the molecule is CC(C)C(=O)NCc1csc(C2CCCN(C(=O)c3ccc(F)c(F)c3)C2)n1. The molecule has 0 radical (unpaired) electrons. The minimum atomic E-state index is -1.02. The number of likely N-dealkylation sites (tertiary alicyclic amines) is 1. The smallest absolute Gasteiger partial charge is 0.253 e.